The topological polar surface area (TPSA) is 29.9 Å². The van der Waals surface area contributed by atoms with Gasteiger partial charge in [-0.25, -0.2) is 0 Å². The first-order chi connectivity index (χ1) is 6.27. The molecule has 2 heterocycles. The van der Waals surface area contributed by atoms with E-state index in [2.05, 4.69) is 32.5 Å². The fraction of sp³-hybridized carbons (Fsp3) is 0.667. The van der Waals surface area contributed by atoms with Crippen molar-refractivity contribution in [3.05, 3.63) is 16.4 Å². The molecular formula is C9H14BrN3. The summed E-state index contributed by atoms with van der Waals surface area (Å²) in [5, 5.41) is 7.90. The van der Waals surface area contributed by atoms with Crippen LogP contribution < -0.4 is 5.32 Å². The highest BCUT2D eigenvalue weighted by Crippen LogP contribution is 2.20. The van der Waals surface area contributed by atoms with Crippen LogP contribution in [0.2, 0.25) is 0 Å². The molecule has 72 valence electrons. The van der Waals surface area contributed by atoms with E-state index in [0.717, 1.165) is 16.7 Å². The van der Waals surface area contributed by atoms with E-state index in [1.54, 1.807) is 0 Å². The summed E-state index contributed by atoms with van der Waals surface area (Å²) >= 11 is 3.47. The van der Waals surface area contributed by atoms with Gasteiger partial charge in [-0.3, -0.25) is 10.00 Å². The zero-order valence-electron chi connectivity index (χ0n) is 7.76. The third-order valence-corrected chi connectivity index (χ3v) is 3.24. The molecule has 3 nitrogen and oxygen atoms in total. The molecule has 2 rings (SSSR count). The molecule has 1 aromatic heterocycles. The Morgan fingerprint density at radius 1 is 1.62 bits per heavy atom. The number of rotatable bonds is 1. The lowest BCUT2D eigenvalue weighted by Crippen LogP contribution is -2.31. The summed E-state index contributed by atoms with van der Waals surface area (Å²) in [6.45, 7) is 3.13. The molecule has 0 aliphatic carbocycles. The molecule has 1 fully saturated rings. The highest BCUT2D eigenvalue weighted by Gasteiger charge is 2.15. The third kappa shape index (κ3) is 1.94. The number of piperidine rings is 1. The summed E-state index contributed by atoms with van der Waals surface area (Å²) in [7, 11) is 0. The lowest BCUT2D eigenvalue weighted by molar-refractivity contribution is 0.297. The Balaban J connectivity index is 2.14. The third-order valence-electron chi connectivity index (χ3n) is 2.46. The van der Waals surface area contributed by atoms with E-state index >= 15 is 0 Å². The Morgan fingerprint density at radius 3 is 3.00 bits per heavy atom. The molecule has 0 bridgehead atoms. The highest BCUT2D eigenvalue weighted by molar-refractivity contribution is 9.10. The van der Waals surface area contributed by atoms with Crippen LogP contribution in [-0.2, 0) is 0 Å². The molecular weight excluding hydrogens is 230 g/mol. The maximum absolute atomic E-state index is 4.44. The first-order valence-electron chi connectivity index (χ1n) is 4.72. The van der Waals surface area contributed by atoms with Crippen molar-refractivity contribution >= 4 is 15.9 Å². The van der Waals surface area contributed by atoms with Gasteiger partial charge in [0.25, 0.3) is 0 Å². The molecule has 0 amide bonds. The van der Waals surface area contributed by atoms with Crippen LogP contribution in [0.25, 0.3) is 0 Å². The van der Waals surface area contributed by atoms with Gasteiger partial charge >= 0.3 is 0 Å². The smallest absolute Gasteiger partial charge is 0.101 e. The normalized spacial score (nSPS) is 23.4. The van der Waals surface area contributed by atoms with Gasteiger partial charge in [0.1, 0.15) is 6.17 Å². The van der Waals surface area contributed by atoms with Gasteiger partial charge in [0, 0.05) is 6.20 Å². The van der Waals surface area contributed by atoms with E-state index in [1.807, 2.05) is 11.6 Å². The molecule has 1 saturated heterocycles. The van der Waals surface area contributed by atoms with Crippen LogP contribution in [0.3, 0.4) is 0 Å². The summed E-state index contributed by atoms with van der Waals surface area (Å²) in [4.78, 5) is 0. The van der Waals surface area contributed by atoms with Gasteiger partial charge in [0.05, 0.1) is 10.2 Å². The summed E-state index contributed by atoms with van der Waals surface area (Å²) in [5.41, 5.74) is 1.06. The zero-order chi connectivity index (χ0) is 9.26. The predicted molar refractivity (Wildman–Crippen MR) is 55.6 cm³/mol. The quantitative estimate of drug-likeness (QED) is 0.820. The second-order valence-electron chi connectivity index (χ2n) is 3.51. The SMILES string of the molecule is Cc1nn(C2CCCCN2)cc1Br. The number of aryl methyl sites for hydroxylation is 1. The maximum atomic E-state index is 4.44. The molecule has 0 aromatic carbocycles. The van der Waals surface area contributed by atoms with Crippen LogP contribution in [0.15, 0.2) is 10.7 Å². The maximum Gasteiger partial charge on any atom is 0.101 e. The molecule has 0 spiro atoms. The number of halogens is 1. The fourth-order valence-corrected chi connectivity index (χ4v) is 1.97. The van der Waals surface area contributed by atoms with E-state index in [9.17, 15) is 0 Å². The Labute approximate surface area is 86.6 Å². The van der Waals surface area contributed by atoms with Gasteiger partial charge < -0.3 is 0 Å². The minimum atomic E-state index is 0.402. The molecule has 1 aliphatic heterocycles. The second-order valence-corrected chi connectivity index (χ2v) is 4.36. The van der Waals surface area contributed by atoms with Crippen LogP contribution in [0, 0.1) is 6.92 Å². The molecule has 1 aliphatic rings. The van der Waals surface area contributed by atoms with Crippen molar-refractivity contribution < 1.29 is 0 Å². The van der Waals surface area contributed by atoms with Crippen molar-refractivity contribution in [2.75, 3.05) is 6.54 Å². The van der Waals surface area contributed by atoms with Crippen LogP contribution in [-0.4, -0.2) is 16.3 Å². The highest BCUT2D eigenvalue weighted by atomic mass is 79.9. The minimum absolute atomic E-state index is 0.402. The number of nitrogens with one attached hydrogen (secondary N) is 1. The molecule has 13 heavy (non-hydrogen) atoms. The second kappa shape index (κ2) is 3.80. The van der Waals surface area contributed by atoms with Gasteiger partial charge in [-0.1, -0.05) is 0 Å². The molecule has 4 heteroatoms. The van der Waals surface area contributed by atoms with Crippen LogP contribution in [0.4, 0.5) is 0 Å². The van der Waals surface area contributed by atoms with E-state index in [4.69, 9.17) is 0 Å². The first-order valence-corrected chi connectivity index (χ1v) is 5.51. The van der Waals surface area contributed by atoms with Crippen molar-refractivity contribution in [2.24, 2.45) is 0 Å². The van der Waals surface area contributed by atoms with Gasteiger partial charge in [-0.2, -0.15) is 5.10 Å². The van der Waals surface area contributed by atoms with E-state index < -0.39 is 0 Å². The Kier molecular flexibility index (Phi) is 2.69. The molecule has 1 unspecified atom stereocenters. The largest absolute Gasteiger partial charge is 0.296 e. The van der Waals surface area contributed by atoms with E-state index in [1.165, 1.54) is 19.3 Å². The fourth-order valence-electron chi connectivity index (χ4n) is 1.68. The van der Waals surface area contributed by atoms with Gasteiger partial charge in [0.2, 0.25) is 0 Å². The number of hydrogen-bond donors (Lipinski definition) is 1. The average Bonchev–Trinajstić information content (AvgIpc) is 2.49. The molecule has 0 saturated carbocycles. The lowest BCUT2D eigenvalue weighted by Gasteiger charge is -2.23. The lowest BCUT2D eigenvalue weighted by atomic mass is 10.1. The summed E-state index contributed by atoms with van der Waals surface area (Å²) in [5.74, 6) is 0. The van der Waals surface area contributed by atoms with Crippen molar-refractivity contribution in [3.63, 3.8) is 0 Å². The summed E-state index contributed by atoms with van der Waals surface area (Å²) < 4.78 is 3.12. The van der Waals surface area contributed by atoms with Crippen molar-refractivity contribution in [2.45, 2.75) is 32.4 Å². The van der Waals surface area contributed by atoms with Crippen LogP contribution in [0.5, 0.6) is 0 Å². The molecule has 0 radical (unpaired) electrons. The van der Waals surface area contributed by atoms with Crippen LogP contribution >= 0.6 is 15.9 Å². The summed E-state index contributed by atoms with van der Waals surface area (Å²) in [6.07, 6.45) is 6.23. The number of aromatic nitrogens is 2. The molecule has 1 atom stereocenters. The zero-order valence-corrected chi connectivity index (χ0v) is 9.34. The van der Waals surface area contributed by atoms with Gasteiger partial charge in [-0.15, -0.1) is 0 Å². The van der Waals surface area contributed by atoms with Crippen molar-refractivity contribution in [1.82, 2.24) is 15.1 Å². The Morgan fingerprint density at radius 2 is 2.46 bits per heavy atom. The van der Waals surface area contributed by atoms with Crippen LogP contribution in [0.1, 0.15) is 31.1 Å². The van der Waals surface area contributed by atoms with Crippen molar-refractivity contribution in [3.8, 4) is 0 Å². The Bertz CT molecular complexity index is 270. The van der Waals surface area contributed by atoms with Gasteiger partial charge in [-0.05, 0) is 48.7 Å². The molecule has 1 aromatic rings. The monoisotopic (exact) mass is 243 g/mol. The predicted octanol–water partition coefficient (Wildman–Crippen LogP) is 2.23. The number of nitrogens with zero attached hydrogens (tertiary/aromatic N) is 2. The standard InChI is InChI=1S/C9H14BrN3/c1-7-8(10)6-13(12-7)9-4-2-3-5-11-9/h6,9,11H,2-5H2,1H3. The van der Waals surface area contributed by atoms with E-state index in [0.29, 0.717) is 6.17 Å². The van der Waals surface area contributed by atoms with E-state index in [-0.39, 0.29) is 0 Å². The van der Waals surface area contributed by atoms with Gasteiger partial charge in [0.15, 0.2) is 0 Å². The van der Waals surface area contributed by atoms with Crippen molar-refractivity contribution in [1.29, 1.82) is 0 Å². The minimum Gasteiger partial charge on any atom is -0.296 e. The average molecular weight is 244 g/mol. The number of hydrogen-bond acceptors (Lipinski definition) is 2. The summed E-state index contributed by atoms with van der Waals surface area (Å²) in [6, 6.07) is 0. The Hall–Kier alpha value is -0.350. The first kappa shape index (κ1) is 9.21. The molecule has 1 N–H and O–H groups in total.